The van der Waals surface area contributed by atoms with Gasteiger partial charge in [0.1, 0.15) is 6.61 Å². The predicted molar refractivity (Wildman–Crippen MR) is 121 cm³/mol. The van der Waals surface area contributed by atoms with Gasteiger partial charge in [0.2, 0.25) is 17.5 Å². The van der Waals surface area contributed by atoms with Gasteiger partial charge in [-0.25, -0.2) is 0 Å². The standard InChI is InChI=1S/C26H35NO5/c1-3-9-21(26(31)25(30)17-32-16-19-10-5-4-6-11-19)15-24(29)23-14-20-12-7-8-13-22(20)27(23)18(2)28/h4-6,10-11,20-23H,3,7-9,12-17H2,1-2H3/t20-,21+,22-,23-/m0/s1. The van der Waals surface area contributed by atoms with E-state index in [1.807, 2.05) is 37.3 Å². The van der Waals surface area contributed by atoms with Gasteiger partial charge in [-0.3, -0.25) is 19.2 Å². The molecule has 1 heterocycles. The number of ether oxygens (including phenoxy) is 1. The van der Waals surface area contributed by atoms with Gasteiger partial charge in [-0.05, 0) is 37.2 Å². The maximum absolute atomic E-state index is 13.2. The molecule has 0 unspecified atom stereocenters. The molecule has 1 amide bonds. The molecule has 3 rings (SSSR count). The second-order valence-electron chi connectivity index (χ2n) is 9.21. The van der Waals surface area contributed by atoms with E-state index in [1.165, 1.54) is 6.92 Å². The minimum Gasteiger partial charge on any atom is -0.368 e. The van der Waals surface area contributed by atoms with Crippen LogP contribution >= 0.6 is 0 Å². The van der Waals surface area contributed by atoms with Crippen LogP contribution in [0, 0.1) is 11.8 Å². The monoisotopic (exact) mass is 441 g/mol. The van der Waals surface area contributed by atoms with Gasteiger partial charge in [0.15, 0.2) is 5.78 Å². The van der Waals surface area contributed by atoms with Gasteiger partial charge in [0.25, 0.3) is 0 Å². The van der Waals surface area contributed by atoms with Crippen LogP contribution in [0.3, 0.4) is 0 Å². The molecule has 174 valence electrons. The number of Topliss-reactive ketones (excluding diaryl/α,β-unsaturated/α-hetero) is 3. The van der Waals surface area contributed by atoms with Crippen molar-refractivity contribution in [3.8, 4) is 0 Å². The molecule has 32 heavy (non-hydrogen) atoms. The number of fused-ring (bicyclic) bond motifs is 1. The van der Waals surface area contributed by atoms with Gasteiger partial charge < -0.3 is 9.64 Å². The first kappa shape index (κ1) is 24.3. The average molecular weight is 442 g/mol. The average Bonchev–Trinajstić information content (AvgIpc) is 3.19. The van der Waals surface area contributed by atoms with E-state index in [0.717, 1.165) is 31.2 Å². The Balaban J connectivity index is 1.59. The Hall–Kier alpha value is -2.34. The smallest absolute Gasteiger partial charge is 0.224 e. The summed E-state index contributed by atoms with van der Waals surface area (Å²) >= 11 is 0. The number of carbonyl (C=O) groups is 4. The van der Waals surface area contributed by atoms with Crippen LogP contribution in [0.5, 0.6) is 0 Å². The Morgan fingerprint density at radius 2 is 1.81 bits per heavy atom. The molecular weight excluding hydrogens is 406 g/mol. The van der Waals surface area contributed by atoms with E-state index in [-0.39, 0.29) is 37.4 Å². The number of hydrogen-bond acceptors (Lipinski definition) is 5. The summed E-state index contributed by atoms with van der Waals surface area (Å²) in [6, 6.07) is 9.14. The predicted octanol–water partition coefficient (Wildman–Crippen LogP) is 3.90. The zero-order chi connectivity index (χ0) is 23.1. The van der Waals surface area contributed by atoms with Crippen LogP contribution in [0.15, 0.2) is 30.3 Å². The molecule has 1 aromatic rings. The number of amides is 1. The highest BCUT2D eigenvalue weighted by Crippen LogP contribution is 2.40. The van der Waals surface area contributed by atoms with Gasteiger partial charge in [0.05, 0.1) is 12.6 Å². The Labute approximate surface area is 190 Å². The molecule has 0 spiro atoms. The molecule has 1 saturated carbocycles. The van der Waals surface area contributed by atoms with Crippen LogP contribution in [-0.2, 0) is 30.5 Å². The number of benzene rings is 1. The van der Waals surface area contributed by atoms with Crippen LogP contribution in [-0.4, -0.2) is 46.8 Å². The molecule has 6 heteroatoms. The lowest BCUT2D eigenvalue weighted by Crippen LogP contribution is -2.45. The second kappa shape index (κ2) is 11.5. The fourth-order valence-corrected chi connectivity index (χ4v) is 5.39. The number of likely N-dealkylation sites (tertiary alicyclic amines) is 1. The van der Waals surface area contributed by atoms with E-state index >= 15 is 0 Å². The van der Waals surface area contributed by atoms with Crippen LogP contribution in [0.4, 0.5) is 0 Å². The highest BCUT2D eigenvalue weighted by molar-refractivity contribution is 6.38. The van der Waals surface area contributed by atoms with Crippen molar-refractivity contribution in [2.24, 2.45) is 11.8 Å². The van der Waals surface area contributed by atoms with Crippen molar-refractivity contribution in [2.45, 2.75) is 83.9 Å². The third-order valence-electron chi connectivity index (χ3n) is 6.90. The van der Waals surface area contributed by atoms with Gasteiger partial charge in [-0.15, -0.1) is 0 Å². The van der Waals surface area contributed by atoms with Crippen LogP contribution < -0.4 is 0 Å². The highest BCUT2D eigenvalue weighted by atomic mass is 16.5. The van der Waals surface area contributed by atoms with Crippen molar-refractivity contribution in [2.75, 3.05) is 6.61 Å². The lowest BCUT2D eigenvalue weighted by Gasteiger charge is -2.33. The number of nitrogens with zero attached hydrogens (tertiary/aromatic N) is 1. The van der Waals surface area contributed by atoms with E-state index in [2.05, 4.69) is 0 Å². The number of ketones is 3. The molecule has 2 fully saturated rings. The number of carbonyl (C=O) groups excluding carboxylic acids is 4. The number of rotatable bonds is 11. The first-order valence-electron chi connectivity index (χ1n) is 11.9. The molecule has 1 aliphatic heterocycles. The molecule has 1 aromatic carbocycles. The van der Waals surface area contributed by atoms with E-state index < -0.39 is 23.5 Å². The summed E-state index contributed by atoms with van der Waals surface area (Å²) in [7, 11) is 0. The van der Waals surface area contributed by atoms with Crippen molar-refractivity contribution >= 4 is 23.3 Å². The molecule has 1 saturated heterocycles. The summed E-state index contributed by atoms with van der Waals surface area (Å²) < 4.78 is 5.44. The summed E-state index contributed by atoms with van der Waals surface area (Å²) in [6.07, 6.45) is 6.11. The summed E-state index contributed by atoms with van der Waals surface area (Å²) in [5.41, 5.74) is 0.931. The SMILES string of the molecule is CCC[C@H](CC(=O)[C@@H]1C[C@@H]2CCCC[C@@H]2N1C(C)=O)C(=O)C(=O)COCc1ccccc1. The Morgan fingerprint density at radius 3 is 2.50 bits per heavy atom. The van der Waals surface area contributed by atoms with E-state index in [9.17, 15) is 19.2 Å². The molecule has 0 aromatic heterocycles. The van der Waals surface area contributed by atoms with Crippen molar-refractivity contribution in [1.82, 2.24) is 4.90 Å². The van der Waals surface area contributed by atoms with E-state index in [4.69, 9.17) is 4.74 Å². The Morgan fingerprint density at radius 1 is 1.09 bits per heavy atom. The highest BCUT2D eigenvalue weighted by Gasteiger charge is 2.46. The maximum Gasteiger partial charge on any atom is 0.224 e. The third-order valence-corrected chi connectivity index (χ3v) is 6.90. The second-order valence-corrected chi connectivity index (χ2v) is 9.21. The summed E-state index contributed by atoms with van der Waals surface area (Å²) in [6.45, 7) is 3.44. The molecule has 1 aliphatic carbocycles. The Bertz CT molecular complexity index is 821. The van der Waals surface area contributed by atoms with Crippen molar-refractivity contribution in [1.29, 1.82) is 0 Å². The molecule has 2 aliphatic rings. The van der Waals surface area contributed by atoms with Gasteiger partial charge in [-0.1, -0.05) is 56.5 Å². The minimum atomic E-state index is -0.642. The zero-order valence-corrected chi connectivity index (χ0v) is 19.3. The largest absolute Gasteiger partial charge is 0.368 e. The third kappa shape index (κ3) is 5.91. The molecular formula is C26H35NO5. The first-order valence-corrected chi connectivity index (χ1v) is 11.9. The molecule has 4 atom stereocenters. The molecule has 0 radical (unpaired) electrons. The fraction of sp³-hybridized carbons (Fsp3) is 0.615. The summed E-state index contributed by atoms with van der Waals surface area (Å²) in [5, 5.41) is 0. The van der Waals surface area contributed by atoms with Crippen LogP contribution in [0.1, 0.15) is 70.8 Å². The normalized spacial score (nSPS) is 23.4. The van der Waals surface area contributed by atoms with Crippen LogP contribution in [0.25, 0.3) is 0 Å². The fourth-order valence-electron chi connectivity index (χ4n) is 5.39. The lowest BCUT2D eigenvalue weighted by molar-refractivity contribution is -0.144. The number of hydrogen-bond donors (Lipinski definition) is 0. The van der Waals surface area contributed by atoms with E-state index in [1.54, 1.807) is 4.90 Å². The van der Waals surface area contributed by atoms with Gasteiger partial charge in [0, 0.05) is 25.3 Å². The first-order chi connectivity index (χ1) is 15.4. The Kier molecular flexibility index (Phi) is 8.74. The van der Waals surface area contributed by atoms with Crippen molar-refractivity contribution in [3.63, 3.8) is 0 Å². The summed E-state index contributed by atoms with van der Waals surface area (Å²) in [4.78, 5) is 52.6. The zero-order valence-electron chi connectivity index (χ0n) is 19.3. The topological polar surface area (TPSA) is 80.8 Å². The molecule has 6 nitrogen and oxygen atoms in total. The minimum absolute atomic E-state index is 0.0188. The van der Waals surface area contributed by atoms with Gasteiger partial charge >= 0.3 is 0 Å². The van der Waals surface area contributed by atoms with Gasteiger partial charge in [-0.2, -0.15) is 0 Å². The van der Waals surface area contributed by atoms with Crippen molar-refractivity contribution < 1.29 is 23.9 Å². The molecule has 0 bridgehead atoms. The lowest BCUT2D eigenvalue weighted by atomic mass is 9.83. The molecule has 0 N–H and O–H groups in total. The summed E-state index contributed by atoms with van der Waals surface area (Å²) in [5.74, 6) is -1.54. The quantitative estimate of drug-likeness (QED) is 0.487. The maximum atomic E-state index is 13.2. The van der Waals surface area contributed by atoms with Crippen molar-refractivity contribution in [3.05, 3.63) is 35.9 Å². The van der Waals surface area contributed by atoms with Crippen LogP contribution in [0.2, 0.25) is 0 Å². The van der Waals surface area contributed by atoms with E-state index in [0.29, 0.717) is 25.2 Å².